The van der Waals surface area contributed by atoms with E-state index in [1.807, 2.05) is 23.9 Å². The van der Waals surface area contributed by atoms with Crippen LogP contribution in [-0.2, 0) is 16.1 Å². The molecule has 1 aromatic rings. The van der Waals surface area contributed by atoms with Gasteiger partial charge < -0.3 is 14.7 Å². The van der Waals surface area contributed by atoms with E-state index in [9.17, 15) is 9.59 Å². The van der Waals surface area contributed by atoms with E-state index in [2.05, 4.69) is 15.0 Å². The third kappa shape index (κ3) is 5.28. The highest BCUT2D eigenvalue weighted by Gasteiger charge is 2.42. The van der Waals surface area contributed by atoms with Gasteiger partial charge in [0.05, 0.1) is 0 Å². The Kier molecular flexibility index (Phi) is 6.46. The van der Waals surface area contributed by atoms with Crippen LogP contribution in [-0.4, -0.2) is 88.1 Å². The standard InChI is InChI=1S/C19H32N6O2/c1-22(2)11-12-24-14-19(8-6-18(24)27)7-4-9-23(13-19)17(26)5-3-10-25-16-20-15-21-25/h15-16H,3-14H2,1-2H3. The molecule has 1 unspecified atom stereocenters. The minimum atomic E-state index is 0.0834. The van der Waals surface area contributed by atoms with E-state index in [0.717, 1.165) is 65.0 Å². The molecular formula is C19H32N6O2. The molecule has 2 fully saturated rings. The fourth-order valence-corrected chi connectivity index (χ4v) is 4.28. The molecule has 1 aromatic heterocycles. The molecule has 8 nitrogen and oxygen atoms in total. The van der Waals surface area contributed by atoms with Gasteiger partial charge in [-0.3, -0.25) is 14.3 Å². The van der Waals surface area contributed by atoms with E-state index in [1.165, 1.54) is 6.33 Å². The number of likely N-dealkylation sites (N-methyl/N-ethyl adjacent to an activating group) is 1. The molecule has 0 aliphatic carbocycles. The molecular weight excluding hydrogens is 344 g/mol. The van der Waals surface area contributed by atoms with Gasteiger partial charge in [0.15, 0.2) is 0 Å². The van der Waals surface area contributed by atoms with E-state index >= 15 is 0 Å². The number of hydrogen-bond acceptors (Lipinski definition) is 5. The van der Waals surface area contributed by atoms with Crippen LogP contribution in [0.3, 0.4) is 0 Å². The number of carbonyl (C=O) groups excluding carboxylic acids is 2. The third-order valence-electron chi connectivity index (χ3n) is 5.82. The van der Waals surface area contributed by atoms with Crippen LogP contribution in [0.25, 0.3) is 0 Å². The number of aryl methyl sites for hydroxylation is 1. The molecule has 1 atom stereocenters. The van der Waals surface area contributed by atoms with Crippen molar-refractivity contribution in [2.45, 2.75) is 45.1 Å². The number of aromatic nitrogens is 3. The molecule has 0 saturated carbocycles. The lowest BCUT2D eigenvalue weighted by molar-refractivity contribution is -0.143. The quantitative estimate of drug-likeness (QED) is 0.705. The van der Waals surface area contributed by atoms with Crippen molar-refractivity contribution in [3.63, 3.8) is 0 Å². The van der Waals surface area contributed by atoms with Crippen LogP contribution in [0.1, 0.15) is 38.5 Å². The predicted octanol–water partition coefficient (Wildman–Crippen LogP) is 0.851. The Morgan fingerprint density at radius 3 is 2.85 bits per heavy atom. The lowest BCUT2D eigenvalue weighted by Gasteiger charge is -2.48. The number of piperidine rings is 2. The zero-order valence-electron chi connectivity index (χ0n) is 16.6. The number of nitrogens with zero attached hydrogens (tertiary/aromatic N) is 6. The second kappa shape index (κ2) is 8.82. The number of likely N-dealkylation sites (tertiary alicyclic amines) is 2. The summed E-state index contributed by atoms with van der Waals surface area (Å²) in [6, 6.07) is 0. The highest BCUT2D eigenvalue weighted by atomic mass is 16.2. The van der Waals surface area contributed by atoms with Gasteiger partial charge in [-0.1, -0.05) is 0 Å². The van der Waals surface area contributed by atoms with Gasteiger partial charge in [0.2, 0.25) is 11.8 Å². The van der Waals surface area contributed by atoms with Gasteiger partial charge in [0.1, 0.15) is 12.7 Å². The Balaban J connectivity index is 1.52. The van der Waals surface area contributed by atoms with Crippen molar-refractivity contribution in [3.8, 4) is 0 Å². The molecule has 27 heavy (non-hydrogen) atoms. The highest BCUT2D eigenvalue weighted by Crippen LogP contribution is 2.39. The van der Waals surface area contributed by atoms with E-state index in [0.29, 0.717) is 12.8 Å². The van der Waals surface area contributed by atoms with Gasteiger partial charge in [-0.15, -0.1) is 0 Å². The van der Waals surface area contributed by atoms with Gasteiger partial charge in [-0.25, -0.2) is 4.98 Å². The Morgan fingerprint density at radius 2 is 2.11 bits per heavy atom. The molecule has 0 aromatic carbocycles. The first-order valence-corrected chi connectivity index (χ1v) is 10.0. The summed E-state index contributed by atoms with van der Waals surface area (Å²) in [6.07, 6.45) is 8.18. The molecule has 1 spiro atoms. The SMILES string of the molecule is CN(C)CCN1CC2(CCCN(C(=O)CCCn3cncn3)C2)CCC1=O. The molecule has 150 valence electrons. The maximum Gasteiger partial charge on any atom is 0.222 e. The summed E-state index contributed by atoms with van der Waals surface area (Å²) in [5.74, 6) is 0.490. The number of hydrogen-bond donors (Lipinski definition) is 0. The Labute approximate surface area is 161 Å². The fourth-order valence-electron chi connectivity index (χ4n) is 4.28. The molecule has 2 aliphatic rings. The van der Waals surface area contributed by atoms with Gasteiger partial charge in [-0.2, -0.15) is 5.10 Å². The third-order valence-corrected chi connectivity index (χ3v) is 5.82. The monoisotopic (exact) mass is 376 g/mol. The summed E-state index contributed by atoms with van der Waals surface area (Å²) >= 11 is 0. The molecule has 8 heteroatoms. The molecule has 2 saturated heterocycles. The summed E-state index contributed by atoms with van der Waals surface area (Å²) in [7, 11) is 4.06. The summed E-state index contributed by atoms with van der Waals surface area (Å²) in [5, 5.41) is 4.08. The van der Waals surface area contributed by atoms with Crippen molar-refractivity contribution < 1.29 is 9.59 Å². The van der Waals surface area contributed by atoms with Crippen molar-refractivity contribution in [2.75, 3.05) is 46.8 Å². The normalized spacial score (nSPS) is 23.4. The summed E-state index contributed by atoms with van der Waals surface area (Å²) < 4.78 is 1.76. The number of amides is 2. The maximum absolute atomic E-state index is 12.7. The smallest absolute Gasteiger partial charge is 0.222 e. The highest BCUT2D eigenvalue weighted by molar-refractivity contribution is 5.78. The molecule has 3 heterocycles. The van der Waals surface area contributed by atoms with Crippen molar-refractivity contribution in [2.24, 2.45) is 5.41 Å². The fraction of sp³-hybridized carbons (Fsp3) is 0.789. The van der Waals surface area contributed by atoms with E-state index in [1.54, 1.807) is 11.0 Å². The van der Waals surface area contributed by atoms with Gasteiger partial charge in [-0.05, 0) is 39.8 Å². The van der Waals surface area contributed by atoms with Crippen molar-refractivity contribution >= 4 is 11.8 Å². The molecule has 0 N–H and O–H groups in total. The molecule has 2 aliphatic heterocycles. The first-order valence-electron chi connectivity index (χ1n) is 10.0. The average molecular weight is 377 g/mol. The lowest BCUT2D eigenvalue weighted by Crippen LogP contribution is -2.55. The van der Waals surface area contributed by atoms with Crippen LogP contribution in [0.15, 0.2) is 12.7 Å². The van der Waals surface area contributed by atoms with Crippen LogP contribution in [0.2, 0.25) is 0 Å². The van der Waals surface area contributed by atoms with Gasteiger partial charge in [0, 0.05) is 57.5 Å². The Morgan fingerprint density at radius 1 is 1.26 bits per heavy atom. The second-order valence-electron chi connectivity index (χ2n) is 8.30. The molecule has 0 radical (unpaired) electrons. The minimum absolute atomic E-state index is 0.0834. The van der Waals surface area contributed by atoms with E-state index < -0.39 is 0 Å². The largest absolute Gasteiger partial charge is 0.342 e. The topological polar surface area (TPSA) is 74.6 Å². The summed E-state index contributed by atoms with van der Waals surface area (Å²) in [6.45, 7) is 4.81. The maximum atomic E-state index is 12.7. The van der Waals surface area contributed by atoms with E-state index in [4.69, 9.17) is 0 Å². The average Bonchev–Trinajstić information content (AvgIpc) is 3.16. The zero-order chi connectivity index (χ0) is 19.3. The van der Waals surface area contributed by atoms with Crippen molar-refractivity contribution in [3.05, 3.63) is 12.7 Å². The first-order chi connectivity index (χ1) is 13.0. The number of rotatable bonds is 7. The minimum Gasteiger partial charge on any atom is -0.342 e. The Hall–Kier alpha value is -1.96. The predicted molar refractivity (Wildman–Crippen MR) is 102 cm³/mol. The van der Waals surface area contributed by atoms with Crippen LogP contribution in [0.5, 0.6) is 0 Å². The van der Waals surface area contributed by atoms with E-state index in [-0.39, 0.29) is 17.2 Å². The summed E-state index contributed by atoms with van der Waals surface area (Å²) in [5.41, 5.74) is 0.0834. The van der Waals surface area contributed by atoms with Crippen molar-refractivity contribution in [1.29, 1.82) is 0 Å². The van der Waals surface area contributed by atoms with Crippen LogP contribution in [0, 0.1) is 5.41 Å². The van der Waals surface area contributed by atoms with Gasteiger partial charge >= 0.3 is 0 Å². The summed E-state index contributed by atoms with van der Waals surface area (Å²) in [4.78, 5) is 35.1. The van der Waals surface area contributed by atoms with Crippen molar-refractivity contribution in [1.82, 2.24) is 29.5 Å². The lowest BCUT2D eigenvalue weighted by atomic mass is 9.73. The zero-order valence-corrected chi connectivity index (χ0v) is 16.6. The van der Waals surface area contributed by atoms with Crippen LogP contribution >= 0.6 is 0 Å². The first kappa shape index (κ1) is 19.8. The second-order valence-corrected chi connectivity index (χ2v) is 8.30. The number of carbonyl (C=O) groups is 2. The molecule has 3 rings (SSSR count). The van der Waals surface area contributed by atoms with Crippen LogP contribution in [0.4, 0.5) is 0 Å². The van der Waals surface area contributed by atoms with Gasteiger partial charge in [0.25, 0.3) is 0 Å². The molecule has 2 amide bonds. The Bertz CT molecular complexity index is 632. The molecule has 0 bridgehead atoms. The van der Waals surface area contributed by atoms with Crippen LogP contribution < -0.4 is 0 Å².